The molecule has 146 valence electrons. The van der Waals surface area contributed by atoms with Gasteiger partial charge in [0, 0.05) is 17.2 Å². The molecule has 2 aromatic rings. The van der Waals surface area contributed by atoms with Crippen LogP contribution in [0.1, 0.15) is 22.9 Å². The highest BCUT2D eigenvalue weighted by atomic mass is 32.2. The highest BCUT2D eigenvalue weighted by Gasteiger charge is 2.78. The van der Waals surface area contributed by atoms with Crippen LogP contribution in [0.4, 0.5) is 22.0 Å². The Kier molecular flexibility index (Phi) is 3.61. The fourth-order valence-electron chi connectivity index (χ4n) is 3.52. The topological polar surface area (TPSA) is 87.4 Å². The van der Waals surface area contributed by atoms with Crippen molar-refractivity contribution in [3.8, 4) is 17.6 Å². The maximum atomic E-state index is 14.5. The molecule has 1 aliphatic heterocycles. The monoisotopic (exact) mass is 417 g/mol. The largest absolute Gasteiger partial charge is 0.457 e. The third-order valence-corrected chi connectivity index (χ3v) is 6.68. The van der Waals surface area contributed by atoms with Gasteiger partial charge in [-0.2, -0.15) is 14.0 Å². The van der Waals surface area contributed by atoms with Crippen molar-refractivity contribution in [1.29, 1.82) is 5.26 Å². The Bertz CT molecular complexity index is 1180. The molecule has 3 atom stereocenters. The molecule has 0 bridgehead atoms. The van der Waals surface area contributed by atoms with E-state index in [-0.39, 0.29) is 11.3 Å². The van der Waals surface area contributed by atoms with Crippen molar-refractivity contribution >= 4 is 9.84 Å². The summed E-state index contributed by atoms with van der Waals surface area (Å²) in [6.07, 6.45) is -6.10. The highest BCUT2D eigenvalue weighted by molar-refractivity contribution is 7.93. The van der Waals surface area contributed by atoms with Crippen molar-refractivity contribution in [2.75, 3.05) is 0 Å². The average Bonchev–Trinajstić information content (AvgIpc) is 2.90. The highest BCUT2D eigenvalue weighted by Crippen LogP contribution is 2.65. The lowest BCUT2D eigenvalue weighted by Crippen LogP contribution is -2.50. The van der Waals surface area contributed by atoms with Gasteiger partial charge >= 0.3 is 5.25 Å². The second-order valence-corrected chi connectivity index (χ2v) is 8.29. The molecule has 1 N–H and O–H groups in total. The zero-order valence-electron chi connectivity index (χ0n) is 13.5. The Morgan fingerprint density at radius 1 is 1.18 bits per heavy atom. The molecule has 0 spiro atoms. The fourth-order valence-corrected chi connectivity index (χ4v) is 5.20. The van der Waals surface area contributed by atoms with E-state index in [4.69, 9.17) is 10.00 Å². The molecule has 2 aromatic carbocycles. The molecule has 0 fully saturated rings. The molecule has 5 nitrogen and oxygen atoms in total. The van der Waals surface area contributed by atoms with Gasteiger partial charge in [-0.05, 0) is 24.3 Å². The van der Waals surface area contributed by atoms with Crippen LogP contribution in [0.25, 0.3) is 0 Å². The van der Waals surface area contributed by atoms with Gasteiger partial charge in [0.1, 0.15) is 17.3 Å². The van der Waals surface area contributed by atoms with E-state index < -0.39 is 60.6 Å². The lowest BCUT2D eigenvalue weighted by Gasteiger charge is -2.27. The molecule has 2 aliphatic rings. The predicted molar refractivity (Wildman–Crippen MR) is 82.4 cm³/mol. The lowest BCUT2D eigenvalue weighted by molar-refractivity contribution is -0.170. The summed E-state index contributed by atoms with van der Waals surface area (Å²) in [4.78, 5) is -1.11. The number of alkyl halides is 4. The van der Waals surface area contributed by atoms with Gasteiger partial charge in [0.05, 0.1) is 16.5 Å². The number of nitriles is 1. The third kappa shape index (κ3) is 1.99. The molecule has 11 heteroatoms. The summed E-state index contributed by atoms with van der Waals surface area (Å²) in [5.41, 5.74) is -6.11. The van der Waals surface area contributed by atoms with E-state index >= 15 is 0 Å². The van der Waals surface area contributed by atoms with Crippen molar-refractivity contribution in [2.45, 2.75) is 28.1 Å². The second-order valence-electron chi connectivity index (χ2n) is 6.33. The molecular formula is C17H8F5NO4S. The van der Waals surface area contributed by atoms with Gasteiger partial charge in [-0.3, -0.25) is 0 Å². The molecule has 0 aromatic heterocycles. The molecule has 3 unspecified atom stereocenters. The lowest BCUT2D eigenvalue weighted by atomic mass is 9.95. The number of ether oxygens (including phenoxy) is 1. The number of rotatable bonds is 2. The van der Waals surface area contributed by atoms with Crippen LogP contribution in [0.5, 0.6) is 11.5 Å². The molecule has 0 amide bonds. The van der Waals surface area contributed by atoms with E-state index in [1.807, 2.05) is 0 Å². The first kappa shape index (κ1) is 18.6. The molecule has 0 radical (unpaired) electrons. The predicted octanol–water partition coefficient (Wildman–Crippen LogP) is 3.42. The summed E-state index contributed by atoms with van der Waals surface area (Å²) < 4.78 is 100. The number of nitrogens with zero attached hydrogens (tertiary/aromatic N) is 1. The standard InChI is InChI=1S/C17H8F5NO4S/c18-8-3-7(6-23)4-9(5-8)27-10-1-2-11-13-12(10)14(19)15(20)16(13,24)17(21,22)28(11,25)26/h1-5,14-15,24H. The number of benzene rings is 2. The zero-order chi connectivity index (χ0) is 20.6. The van der Waals surface area contributed by atoms with Gasteiger partial charge in [0.25, 0.3) is 0 Å². The van der Waals surface area contributed by atoms with E-state index in [2.05, 4.69) is 0 Å². The van der Waals surface area contributed by atoms with Crippen molar-refractivity contribution in [1.82, 2.24) is 0 Å². The Hall–Kier alpha value is -2.71. The second kappa shape index (κ2) is 5.42. The van der Waals surface area contributed by atoms with Crippen molar-refractivity contribution in [3.05, 3.63) is 52.8 Å². The number of halogens is 5. The summed E-state index contributed by atoms with van der Waals surface area (Å²) in [6.45, 7) is 0. The number of hydrogen-bond acceptors (Lipinski definition) is 5. The average molecular weight is 417 g/mol. The molecule has 28 heavy (non-hydrogen) atoms. The molecule has 0 saturated carbocycles. The van der Waals surface area contributed by atoms with E-state index in [1.165, 1.54) is 0 Å². The Morgan fingerprint density at radius 3 is 2.50 bits per heavy atom. The summed E-state index contributed by atoms with van der Waals surface area (Å²) in [6, 6.07) is 5.79. The molecule has 1 heterocycles. The third-order valence-electron chi connectivity index (χ3n) is 4.78. The van der Waals surface area contributed by atoms with Crippen LogP contribution in [-0.4, -0.2) is 25.0 Å². The quantitative estimate of drug-likeness (QED) is 0.757. The van der Waals surface area contributed by atoms with Crippen LogP contribution >= 0.6 is 0 Å². The maximum absolute atomic E-state index is 14.5. The zero-order valence-corrected chi connectivity index (χ0v) is 14.3. The minimum Gasteiger partial charge on any atom is -0.457 e. The molecule has 0 saturated heterocycles. The Balaban J connectivity index is 1.95. The van der Waals surface area contributed by atoms with Gasteiger partial charge < -0.3 is 9.84 Å². The summed E-state index contributed by atoms with van der Waals surface area (Å²) >= 11 is 0. The summed E-state index contributed by atoms with van der Waals surface area (Å²) in [7, 11) is -5.47. The number of hydrogen-bond donors (Lipinski definition) is 1. The van der Waals surface area contributed by atoms with Gasteiger partial charge in [-0.25, -0.2) is 21.6 Å². The van der Waals surface area contributed by atoms with Crippen molar-refractivity contribution in [3.63, 3.8) is 0 Å². The summed E-state index contributed by atoms with van der Waals surface area (Å²) in [5.74, 6) is -1.82. The van der Waals surface area contributed by atoms with Crippen LogP contribution < -0.4 is 4.74 Å². The molecule has 4 rings (SSSR count). The minimum absolute atomic E-state index is 0.168. The number of aliphatic hydroxyl groups is 1. The Labute approximate surface area is 154 Å². The fraction of sp³-hybridized carbons (Fsp3) is 0.235. The van der Waals surface area contributed by atoms with Crippen LogP contribution in [0.15, 0.2) is 35.2 Å². The van der Waals surface area contributed by atoms with E-state index in [9.17, 15) is 35.5 Å². The first-order chi connectivity index (χ1) is 13.0. The van der Waals surface area contributed by atoms with Gasteiger partial charge in [0.15, 0.2) is 12.3 Å². The van der Waals surface area contributed by atoms with Crippen LogP contribution in [-0.2, 0) is 15.4 Å². The minimum atomic E-state index is -5.47. The first-order valence-electron chi connectivity index (χ1n) is 7.65. The van der Waals surface area contributed by atoms with Gasteiger partial charge in [-0.15, -0.1) is 0 Å². The Morgan fingerprint density at radius 2 is 1.86 bits per heavy atom. The maximum Gasteiger partial charge on any atom is 0.384 e. The van der Waals surface area contributed by atoms with Crippen LogP contribution in [0.3, 0.4) is 0 Å². The SMILES string of the molecule is N#Cc1cc(F)cc(Oc2ccc3c4c2C(F)C(F)C4(O)C(F)(F)S3(=O)=O)c1. The molecular weight excluding hydrogens is 409 g/mol. The first-order valence-corrected chi connectivity index (χ1v) is 9.14. The van der Waals surface area contributed by atoms with Gasteiger partial charge in [-0.1, -0.05) is 0 Å². The van der Waals surface area contributed by atoms with E-state index in [0.717, 1.165) is 24.3 Å². The summed E-state index contributed by atoms with van der Waals surface area (Å²) in [5, 5.41) is 14.1. The van der Waals surface area contributed by atoms with E-state index in [0.29, 0.717) is 6.07 Å². The van der Waals surface area contributed by atoms with Crippen LogP contribution in [0, 0.1) is 17.1 Å². The molecule has 1 aliphatic carbocycles. The number of sulfone groups is 1. The normalized spacial score (nSPS) is 28.6. The van der Waals surface area contributed by atoms with Crippen LogP contribution in [0.2, 0.25) is 0 Å². The smallest absolute Gasteiger partial charge is 0.384 e. The van der Waals surface area contributed by atoms with Crippen molar-refractivity contribution in [2.24, 2.45) is 0 Å². The van der Waals surface area contributed by atoms with E-state index in [1.54, 1.807) is 6.07 Å². The van der Waals surface area contributed by atoms with Crippen molar-refractivity contribution < 1.29 is 40.2 Å². The van der Waals surface area contributed by atoms with Gasteiger partial charge in [0.2, 0.25) is 15.4 Å².